The number of carbonyl (C=O) groups excluding carboxylic acids is 2. The number of nitrogens with one attached hydrogen (secondary N) is 3. The number of hydrogen-bond donors (Lipinski definition) is 3. The Kier molecular flexibility index (Phi) is 6.93. The first-order valence-electron chi connectivity index (χ1n) is 13.6. The van der Waals surface area contributed by atoms with Gasteiger partial charge in [-0.1, -0.05) is 37.6 Å². The third-order valence-electron chi connectivity index (χ3n) is 7.87. The fourth-order valence-electron chi connectivity index (χ4n) is 5.82. The molecule has 2 aliphatic rings. The van der Waals surface area contributed by atoms with Crippen LogP contribution in [0.4, 0.5) is 11.4 Å². The first kappa shape index (κ1) is 26.3. The molecule has 2 atom stereocenters. The number of pyridine rings is 2. The number of H-pyrrole nitrogens is 1. The summed E-state index contributed by atoms with van der Waals surface area (Å²) in [4.78, 5) is 42.8. The zero-order chi connectivity index (χ0) is 27.9. The maximum Gasteiger partial charge on any atom is 0.257 e. The quantitative estimate of drug-likeness (QED) is 0.314. The molecule has 1 saturated heterocycles. The molecule has 2 amide bonds. The van der Waals surface area contributed by atoms with Crippen LogP contribution in [0.3, 0.4) is 0 Å². The molecule has 1 aliphatic heterocycles. The van der Waals surface area contributed by atoms with Gasteiger partial charge in [-0.3, -0.25) is 14.6 Å². The highest BCUT2D eigenvalue weighted by Crippen LogP contribution is 2.50. The summed E-state index contributed by atoms with van der Waals surface area (Å²) in [6.07, 6.45) is 7.48. The Morgan fingerprint density at radius 1 is 1.07 bits per heavy atom. The first-order chi connectivity index (χ1) is 19.4. The monoisotopic (exact) mass is 557 g/mol. The number of carbonyl (C=O) groups is 2. The van der Waals surface area contributed by atoms with Crippen molar-refractivity contribution >= 4 is 45.8 Å². The van der Waals surface area contributed by atoms with Gasteiger partial charge >= 0.3 is 0 Å². The molecule has 3 aromatic heterocycles. The summed E-state index contributed by atoms with van der Waals surface area (Å²) in [7, 11) is 0. The molecule has 6 rings (SSSR count). The van der Waals surface area contributed by atoms with Crippen LogP contribution in [0.5, 0.6) is 0 Å². The van der Waals surface area contributed by atoms with E-state index in [1.165, 1.54) is 6.20 Å². The second kappa shape index (κ2) is 10.6. The molecule has 3 N–H and O–H groups in total. The summed E-state index contributed by atoms with van der Waals surface area (Å²) in [6, 6.07) is 13.5. The molecule has 4 aromatic rings. The zero-order valence-corrected chi connectivity index (χ0v) is 23.3. The smallest absolute Gasteiger partial charge is 0.257 e. The van der Waals surface area contributed by atoms with Crippen LogP contribution in [0.15, 0.2) is 67.3 Å². The van der Waals surface area contributed by atoms with Crippen LogP contribution in [0.1, 0.15) is 36.2 Å². The summed E-state index contributed by atoms with van der Waals surface area (Å²) in [5, 5.41) is 8.10. The van der Waals surface area contributed by atoms with Crippen LogP contribution in [-0.4, -0.2) is 69.9 Å². The van der Waals surface area contributed by atoms with Crippen LogP contribution >= 0.6 is 11.6 Å². The summed E-state index contributed by atoms with van der Waals surface area (Å²) < 4.78 is 0. The summed E-state index contributed by atoms with van der Waals surface area (Å²) in [5.74, 6) is -0.0701. The molecule has 0 bridgehead atoms. The minimum absolute atomic E-state index is 0.102. The topological polar surface area (TPSA) is 106 Å². The fourth-order valence-corrected chi connectivity index (χ4v) is 5.94. The van der Waals surface area contributed by atoms with Crippen molar-refractivity contribution in [2.75, 3.05) is 36.4 Å². The average Bonchev–Trinajstić information content (AvgIpc) is 3.54. The Morgan fingerprint density at radius 2 is 1.85 bits per heavy atom. The van der Waals surface area contributed by atoms with Gasteiger partial charge < -0.3 is 25.4 Å². The van der Waals surface area contributed by atoms with Gasteiger partial charge in [0.05, 0.1) is 27.7 Å². The predicted molar refractivity (Wildman–Crippen MR) is 157 cm³/mol. The number of aromatic amines is 1. The number of halogens is 1. The minimum atomic E-state index is -0.564. The molecule has 206 valence electrons. The number of nitrogens with zero attached hydrogens (tertiary/aromatic N) is 4. The van der Waals surface area contributed by atoms with E-state index in [9.17, 15) is 9.59 Å². The Morgan fingerprint density at radius 3 is 2.55 bits per heavy atom. The van der Waals surface area contributed by atoms with Gasteiger partial charge in [0.15, 0.2) is 0 Å². The zero-order valence-electron chi connectivity index (χ0n) is 22.5. The molecule has 4 heterocycles. The van der Waals surface area contributed by atoms with Gasteiger partial charge in [-0.15, -0.1) is 0 Å². The van der Waals surface area contributed by atoms with Gasteiger partial charge in [0.2, 0.25) is 5.91 Å². The molecular weight excluding hydrogens is 526 g/mol. The number of piperazine rings is 1. The molecule has 1 aromatic carbocycles. The number of fused-ring (bicyclic) bond motifs is 1. The summed E-state index contributed by atoms with van der Waals surface area (Å²) in [5.41, 5.74) is 3.25. The third-order valence-corrected chi connectivity index (χ3v) is 8.12. The standard InChI is InChI=1S/C30H32ClN7O2/c1-19(2)35-25-16-30(25,21-5-7-22(31)8-6-21)29(40)38-14-12-37(13-15-38)24-9-11-33-27-26(24)23(18-34-27)36-28(39)20-4-3-10-32-17-20/h3-11,17-19,25,35H,12-16H2,1-2H3,(H,33,34)(H,36,39)/t25-,30?/m1/s1. The van der Waals surface area contributed by atoms with Crippen molar-refractivity contribution < 1.29 is 9.59 Å². The molecule has 0 spiro atoms. The maximum absolute atomic E-state index is 14.1. The van der Waals surface area contributed by atoms with Crippen molar-refractivity contribution in [3.8, 4) is 0 Å². The Hall–Kier alpha value is -3.95. The molecule has 1 aliphatic carbocycles. The molecule has 1 unspecified atom stereocenters. The van der Waals surface area contributed by atoms with Gasteiger partial charge in [-0.25, -0.2) is 4.98 Å². The number of aromatic nitrogens is 3. The van der Waals surface area contributed by atoms with Gasteiger partial charge in [0.25, 0.3) is 5.91 Å². The number of anilines is 2. The van der Waals surface area contributed by atoms with E-state index in [1.54, 1.807) is 30.7 Å². The van der Waals surface area contributed by atoms with E-state index in [4.69, 9.17) is 11.6 Å². The predicted octanol–water partition coefficient (Wildman–Crippen LogP) is 4.22. The van der Waals surface area contributed by atoms with Crippen molar-refractivity contribution in [1.82, 2.24) is 25.2 Å². The highest BCUT2D eigenvalue weighted by molar-refractivity contribution is 6.30. The lowest BCUT2D eigenvalue weighted by atomic mass is 9.92. The van der Waals surface area contributed by atoms with E-state index < -0.39 is 5.41 Å². The van der Waals surface area contributed by atoms with E-state index in [2.05, 4.69) is 44.3 Å². The Labute approximate surface area is 237 Å². The number of benzene rings is 1. The van der Waals surface area contributed by atoms with Crippen molar-refractivity contribution in [1.29, 1.82) is 0 Å². The SMILES string of the molecule is CC(C)N[C@@H]1CC1(C(=O)N1CCN(c2ccnc3[nH]cc(NC(=O)c4cccnc4)c23)CC1)c1ccc(Cl)cc1. The van der Waals surface area contributed by atoms with Gasteiger partial charge in [-0.2, -0.15) is 0 Å². The average molecular weight is 558 g/mol. The lowest BCUT2D eigenvalue weighted by molar-refractivity contribution is -0.134. The molecular formula is C30H32ClN7O2. The molecule has 1 saturated carbocycles. The lowest BCUT2D eigenvalue weighted by Gasteiger charge is -2.38. The van der Waals surface area contributed by atoms with E-state index in [0.29, 0.717) is 48.1 Å². The van der Waals surface area contributed by atoms with Crippen LogP contribution in [0, 0.1) is 0 Å². The molecule has 0 radical (unpaired) electrons. The molecule has 9 nitrogen and oxygen atoms in total. The second-order valence-electron chi connectivity index (χ2n) is 10.8. The van der Waals surface area contributed by atoms with Crippen molar-refractivity contribution in [3.05, 3.63) is 83.4 Å². The van der Waals surface area contributed by atoms with E-state index in [1.807, 2.05) is 35.2 Å². The molecule has 10 heteroatoms. The van der Waals surface area contributed by atoms with E-state index in [0.717, 1.165) is 23.1 Å². The van der Waals surface area contributed by atoms with Gasteiger partial charge in [-0.05, 0) is 42.3 Å². The Bertz CT molecular complexity index is 1530. The third kappa shape index (κ3) is 4.80. The molecule has 2 fully saturated rings. The largest absolute Gasteiger partial charge is 0.367 e. The van der Waals surface area contributed by atoms with Crippen LogP contribution < -0.4 is 15.5 Å². The fraction of sp³-hybridized carbons (Fsp3) is 0.333. The highest BCUT2D eigenvalue weighted by atomic mass is 35.5. The van der Waals surface area contributed by atoms with Crippen molar-refractivity contribution in [2.24, 2.45) is 0 Å². The lowest BCUT2D eigenvalue weighted by Crippen LogP contribution is -2.53. The highest BCUT2D eigenvalue weighted by Gasteiger charge is 2.62. The van der Waals surface area contributed by atoms with Crippen molar-refractivity contribution in [3.63, 3.8) is 0 Å². The number of rotatable bonds is 7. The number of hydrogen-bond acceptors (Lipinski definition) is 6. The Balaban J connectivity index is 1.20. The maximum atomic E-state index is 14.1. The van der Waals surface area contributed by atoms with Crippen molar-refractivity contribution in [2.45, 2.75) is 37.8 Å². The molecule has 40 heavy (non-hydrogen) atoms. The summed E-state index contributed by atoms with van der Waals surface area (Å²) in [6.45, 7) is 6.77. The summed E-state index contributed by atoms with van der Waals surface area (Å²) >= 11 is 6.16. The van der Waals surface area contributed by atoms with E-state index >= 15 is 0 Å². The minimum Gasteiger partial charge on any atom is -0.367 e. The normalized spacial score (nSPS) is 20.6. The number of amides is 2. The van der Waals surface area contributed by atoms with Crippen LogP contribution in [0.2, 0.25) is 5.02 Å². The van der Waals surface area contributed by atoms with Crippen LogP contribution in [-0.2, 0) is 10.2 Å². The second-order valence-corrected chi connectivity index (χ2v) is 11.2. The van der Waals surface area contributed by atoms with E-state index in [-0.39, 0.29) is 23.9 Å². The van der Waals surface area contributed by atoms with Gasteiger partial charge in [0.1, 0.15) is 5.65 Å². The van der Waals surface area contributed by atoms with Gasteiger partial charge in [0, 0.05) is 68.1 Å². The first-order valence-corrected chi connectivity index (χ1v) is 14.0. The van der Waals surface area contributed by atoms with Crippen LogP contribution in [0.25, 0.3) is 11.0 Å².